The van der Waals surface area contributed by atoms with Gasteiger partial charge in [-0.25, -0.2) is 20.2 Å². The van der Waals surface area contributed by atoms with Crippen LogP contribution in [0.4, 0.5) is 4.39 Å². The van der Waals surface area contributed by atoms with E-state index >= 15 is 0 Å². The van der Waals surface area contributed by atoms with Crippen LogP contribution in [0.5, 0.6) is 5.75 Å². The van der Waals surface area contributed by atoms with Gasteiger partial charge in [0.25, 0.3) is 0 Å². The van der Waals surface area contributed by atoms with Crippen molar-refractivity contribution in [1.82, 2.24) is 30.9 Å². The highest BCUT2D eigenvalue weighted by atomic mass is 19.1. The Kier molecular flexibility index (Phi) is 5.11. The van der Waals surface area contributed by atoms with Crippen LogP contribution in [-0.4, -0.2) is 27.2 Å². The van der Waals surface area contributed by atoms with E-state index in [2.05, 4.69) is 32.4 Å². The lowest BCUT2D eigenvalue weighted by Gasteiger charge is -2.15. The van der Waals surface area contributed by atoms with Gasteiger partial charge in [-0.15, -0.1) is 0 Å². The number of nitriles is 1. The van der Waals surface area contributed by atoms with Gasteiger partial charge < -0.3 is 9.30 Å². The van der Waals surface area contributed by atoms with Gasteiger partial charge in [0.05, 0.1) is 36.4 Å². The molecule has 1 aliphatic carbocycles. The van der Waals surface area contributed by atoms with Crippen molar-refractivity contribution in [2.24, 2.45) is 13.0 Å². The number of aromatic nitrogens is 3. The maximum atomic E-state index is 14.0. The first-order chi connectivity index (χ1) is 15.1. The summed E-state index contributed by atoms with van der Waals surface area (Å²) in [6.07, 6.45) is 5.72. The van der Waals surface area contributed by atoms with Crippen molar-refractivity contribution in [3.63, 3.8) is 0 Å². The fourth-order valence-corrected chi connectivity index (χ4v) is 3.75. The van der Waals surface area contributed by atoms with E-state index in [0.29, 0.717) is 29.7 Å². The molecular formula is C22H22FN7O. The zero-order valence-electron chi connectivity index (χ0n) is 17.0. The van der Waals surface area contributed by atoms with Gasteiger partial charge in [0.15, 0.2) is 0 Å². The Morgan fingerprint density at radius 3 is 2.90 bits per heavy atom. The molecule has 3 heterocycles. The molecule has 8 nitrogen and oxygen atoms in total. The lowest BCUT2D eigenvalue weighted by molar-refractivity contribution is 0.299. The summed E-state index contributed by atoms with van der Waals surface area (Å²) < 4.78 is 21.9. The van der Waals surface area contributed by atoms with Crippen molar-refractivity contribution in [2.75, 3.05) is 6.61 Å². The number of benzene rings is 1. The van der Waals surface area contributed by atoms with Crippen molar-refractivity contribution in [1.29, 1.82) is 5.26 Å². The average molecular weight is 419 g/mol. The molecule has 9 heteroatoms. The highest BCUT2D eigenvalue weighted by molar-refractivity contribution is 5.80. The third-order valence-electron chi connectivity index (χ3n) is 5.62. The Labute approximate surface area is 179 Å². The number of imidazole rings is 1. The zero-order chi connectivity index (χ0) is 21.4. The second-order valence-electron chi connectivity index (χ2n) is 7.92. The Morgan fingerprint density at radius 1 is 1.23 bits per heavy atom. The van der Waals surface area contributed by atoms with Crippen LogP contribution in [-0.2, 0) is 7.05 Å². The van der Waals surface area contributed by atoms with E-state index in [0.717, 1.165) is 29.7 Å². The van der Waals surface area contributed by atoms with Crippen molar-refractivity contribution in [3.05, 3.63) is 54.2 Å². The summed E-state index contributed by atoms with van der Waals surface area (Å²) in [7, 11) is 1.89. The molecule has 1 saturated heterocycles. The smallest absolute Gasteiger partial charge is 0.131 e. The van der Waals surface area contributed by atoms with Crippen molar-refractivity contribution >= 4 is 0 Å². The summed E-state index contributed by atoms with van der Waals surface area (Å²) in [6.45, 7) is 0.584. The summed E-state index contributed by atoms with van der Waals surface area (Å²) in [5.74, 6) is 0.714. The molecule has 0 radical (unpaired) electrons. The number of nitrogens with zero attached hydrogens (tertiary/aromatic N) is 4. The number of ether oxygens (including phenoxy) is 1. The summed E-state index contributed by atoms with van der Waals surface area (Å²) in [5, 5.41) is 9.36. The summed E-state index contributed by atoms with van der Waals surface area (Å²) in [5.41, 5.74) is 12.5. The highest BCUT2D eigenvalue weighted by Gasteiger charge is 2.29. The lowest BCUT2D eigenvalue weighted by atomic mass is 10.00. The SMILES string of the molecule is Cn1cnc(-c2cc(C3NNNC3C#N)ccn2)c1-c1ccc(F)cc1OCC1CC1. The molecule has 5 rings (SSSR count). The standard InChI is InChI=1S/C22H22FN7O/c1-30-12-26-21(17-8-14(6-7-25-17)20-18(10-24)27-29-28-20)22(30)16-5-4-15(23)9-19(16)31-11-13-2-3-13/h4-9,12-13,18,20,27-29H,2-3,11H2,1H3. The number of nitrogens with one attached hydrogen (secondary N) is 3. The predicted octanol–water partition coefficient (Wildman–Crippen LogP) is 2.62. The monoisotopic (exact) mass is 419 g/mol. The molecule has 1 aliphatic heterocycles. The molecule has 31 heavy (non-hydrogen) atoms. The van der Waals surface area contributed by atoms with Crippen LogP contribution < -0.4 is 21.1 Å². The lowest BCUT2D eigenvalue weighted by Crippen LogP contribution is -2.32. The molecular weight excluding hydrogens is 397 g/mol. The van der Waals surface area contributed by atoms with E-state index in [4.69, 9.17) is 4.74 Å². The Morgan fingerprint density at radius 2 is 2.10 bits per heavy atom. The first kappa shape index (κ1) is 19.6. The molecule has 2 fully saturated rings. The minimum Gasteiger partial charge on any atom is -0.492 e. The molecule has 0 amide bonds. The Hall–Kier alpha value is -3.32. The third-order valence-corrected chi connectivity index (χ3v) is 5.62. The molecule has 2 unspecified atom stereocenters. The van der Waals surface area contributed by atoms with Gasteiger partial charge in [-0.1, -0.05) is 0 Å². The largest absolute Gasteiger partial charge is 0.492 e. The molecule has 1 saturated carbocycles. The van der Waals surface area contributed by atoms with E-state index in [1.807, 2.05) is 23.7 Å². The maximum absolute atomic E-state index is 14.0. The van der Waals surface area contributed by atoms with Gasteiger partial charge in [-0.3, -0.25) is 4.98 Å². The molecule has 0 spiro atoms. The van der Waals surface area contributed by atoms with Crippen molar-refractivity contribution in [2.45, 2.75) is 24.9 Å². The number of hydrogen-bond donors (Lipinski definition) is 3. The fraction of sp³-hybridized carbons (Fsp3) is 0.318. The van der Waals surface area contributed by atoms with Gasteiger partial charge in [-0.05, 0) is 48.6 Å². The first-order valence-corrected chi connectivity index (χ1v) is 10.2. The van der Waals surface area contributed by atoms with Crippen LogP contribution in [0.2, 0.25) is 0 Å². The minimum absolute atomic E-state index is 0.234. The van der Waals surface area contributed by atoms with Crippen molar-refractivity contribution in [3.8, 4) is 34.5 Å². The molecule has 2 aromatic heterocycles. The second-order valence-corrected chi connectivity index (χ2v) is 7.92. The number of pyridine rings is 1. The maximum Gasteiger partial charge on any atom is 0.131 e. The molecule has 158 valence electrons. The predicted molar refractivity (Wildman–Crippen MR) is 112 cm³/mol. The number of rotatable bonds is 6. The van der Waals surface area contributed by atoms with Crippen molar-refractivity contribution < 1.29 is 9.13 Å². The average Bonchev–Trinajstić information content (AvgIpc) is 3.35. The van der Waals surface area contributed by atoms with Crippen LogP contribution >= 0.6 is 0 Å². The van der Waals surface area contributed by atoms with E-state index in [1.165, 1.54) is 12.1 Å². The highest BCUT2D eigenvalue weighted by Crippen LogP contribution is 2.38. The molecule has 2 atom stereocenters. The number of hydrazine groups is 2. The van der Waals surface area contributed by atoms with Crippen LogP contribution in [0, 0.1) is 23.1 Å². The number of hydrogen-bond acceptors (Lipinski definition) is 7. The molecule has 0 bridgehead atoms. The molecule has 2 aliphatic rings. The molecule has 1 aromatic carbocycles. The number of halogens is 1. The topological polar surface area (TPSA) is 99.8 Å². The Bertz CT molecular complexity index is 1150. The zero-order valence-corrected chi connectivity index (χ0v) is 17.0. The van der Waals surface area contributed by atoms with E-state index in [-0.39, 0.29) is 11.9 Å². The van der Waals surface area contributed by atoms with Crippen LogP contribution in [0.15, 0.2) is 42.9 Å². The van der Waals surface area contributed by atoms with Gasteiger partial charge in [0.2, 0.25) is 0 Å². The fourth-order valence-electron chi connectivity index (χ4n) is 3.75. The van der Waals surface area contributed by atoms with Gasteiger partial charge in [0, 0.05) is 24.9 Å². The summed E-state index contributed by atoms with van der Waals surface area (Å²) in [6, 6.07) is 9.93. The van der Waals surface area contributed by atoms with Crippen LogP contribution in [0.1, 0.15) is 24.4 Å². The van der Waals surface area contributed by atoms with Gasteiger partial charge in [-0.2, -0.15) is 10.8 Å². The third kappa shape index (κ3) is 3.88. The first-order valence-electron chi connectivity index (χ1n) is 10.2. The second kappa shape index (κ2) is 8.07. The summed E-state index contributed by atoms with van der Waals surface area (Å²) >= 11 is 0. The molecule has 3 N–H and O–H groups in total. The normalized spacial score (nSPS) is 20.5. The van der Waals surface area contributed by atoms with Gasteiger partial charge in [0.1, 0.15) is 23.3 Å². The summed E-state index contributed by atoms with van der Waals surface area (Å²) in [4.78, 5) is 9.10. The van der Waals surface area contributed by atoms with Crippen LogP contribution in [0.25, 0.3) is 22.6 Å². The Balaban J connectivity index is 1.54. The quantitative estimate of drug-likeness (QED) is 0.565. The van der Waals surface area contributed by atoms with Gasteiger partial charge >= 0.3 is 0 Å². The van der Waals surface area contributed by atoms with E-state index in [1.54, 1.807) is 18.6 Å². The minimum atomic E-state index is -0.419. The molecule has 3 aromatic rings. The number of aryl methyl sites for hydroxylation is 1. The van der Waals surface area contributed by atoms with E-state index < -0.39 is 6.04 Å². The van der Waals surface area contributed by atoms with Crippen LogP contribution in [0.3, 0.4) is 0 Å². The van der Waals surface area contributed by atoms with E-state index in [9.17, 15) is 9.65 Å².